The van der Waals surface area contributed by atoms with E-state index in [2.05, 4.69) is 200 Å². The minimum absolute atomic E-state index is 0.154. The van der Waals surface area contributed by atoms with Crippen LogP contribution in [0.15, 0.2) is 103 Å². The molecule has 6 aromatic rings. The molecule has 0 N–H and O–H groups in total. The molecular formula is C67H80O. The number of benzene rings is 6. The zero-order valence-corrected chi connectivity index (χ0v) is 44.5. The molecule has 0 fully saturated rings. The maximum Gasteiger partial charge on any atom is 0.0858 e. The molecule has 0 saturated heterocycles. The van der Waals surface area contributed by atoms with E-state index in [0.717, 1.165) is 19.3 Å². The van der Waals surface area contributed by atoms with E-state index >= 15 is 0 Å². The van der Waals surface area contributed by atoms with Gasteiger partial charge in [-0.15, -0.1) is 0 Å². The molecule has 354 valence electrons. The van der Waals surface area contributed by atoms with Crippen molar-refractivity contribution in [2.45, 2.75) is 176 Å². The molecule has 6 aromatic carbocycles. The number of ether oxygens (including phenoxy) is 1. The smallest absolute Gasteiger partial charge is 0.0858 e. The van der Waals surface area contributed by atoms with Gasteiger partial charge in [0.25, 0.3) is 0 Å². The Labute approximate surface area is 411 Å². The van der Waals surface area contributed by atoms with E-state index in [1.807, 2.05) is 7.11 Å². The monoisotopic (exact) mass is 901 g/mol. The third-order valence-corrected chi connectivity index (χ3v) is 16.0. The maximum atomic E-state index is 6.20. The first kappa shape index (κ1) is 48.1. The van der Waals surface area contributed by atoms with Crippen molar-refractivity contribution >= 4 is 6.08 Å². The molecular weight excluding hydrogens is 821 g/mol. The second-order valence-corrected chi connectivity index (χ2v) is 25.2. The van der Waals surface area contributed by atoms with Gasteiger partial charge in [-0.05, 0) is 197 Å². The van der Waals surface area contributed by atoms with E-state index in [-0.39, 0.29) is 27.8 Å². The molecule has 2 unspecified atom stereocenters. The van der Waals surface area contributed by atoms with Crippen molar-refractivity contribution in [3.05, 3.63) is 169 Å². The molecule has 1 nitrogen and oxygen atoms in total. The average Bonchev–Trinajstić information content (AvgIpc) is 4.10. The highest BCUT2D eigenvalue weighted by Crippen LogP contribution is 2.53. The number of fused-ring (bicyclic) bond motifs is 4. The van der Waals surface area contributed by atoms with Crippen molar-refractivity contribution in [1.82, 2.24) is 0 Å². The molecule has 10 rings (SSSR count). The normalized spacial score (nSPS) is 17.6. The van der Waals surface area contributed by atoms with Crippen molar-refractivity contribution in [2.75, 3.05) is 7.11 Å². The van der Waals surface area contributed by atoms with Crippen molar-refractivity contribution in [3.8, 4) is 44.5 Å². The van der Waals surface area contributed by atoms with Crippen LogP contribution in [-0.4, -0.2) is 7.11 Å². The van der Waals surface area contributed by atoms with Gasteiger partial charge in [0.15, 0.2) is 0 Å². The summed E-state index contributed by atoms with van der Waals surface area (Å²) in [5.41, 5.74) is 31.7. The van der Waals surface area contributed by atoms with Crippen LogP contribution in [-0.2, 0) is 64.9 Å². The van der Waals surface area contributed by atoms with Gasteiger partial charge < -0.3 is 4.74 Å². The first-order chi connectivity index (χ1) is 32.0. The minimum Gasteiger partial charge on any atom is -0.376 e. The molecule has 0 bridgehead atoms. The van der Waals surface area contributed by atoms with Crippen molar-refractivity contribution in [1.29, 1.82) is 0 Å². The molecule has 0 aliphatic heterocycles. The van der Waals surface area contributed by atoms with Gasteiger partial charge in [0.1, 0.15) is 0 Å². The second kappa shape index (κ2) is 17.8. The summed E-state index contributed by atoms with van der Waals surface area (Å²) in [7, 11) is 1.90. The van der Waals surface area contributed by atoms with Gasteiger partial charge in [-0.2, -0.15) is 0 Å². The maximum absolute atomic E-state index is 6.20. The fourth-order valence-corrected chi connectivity index (χ4v) is 12.3. The number of methoxy groups -OCH3 is 1. The Hall–Kier alpha value is -4.98. The van der Waals surface area contributed by atoms with Crippen LogP contribution in [0, 0.1) is 5.92 Å². The quantitative estimate of drug-likeness (QED) is 0.168. The first-order valence-corrected chi connectivity index (χ1v) is 26.1. The van der Waals surface area contributed by atoms with E-state index in [1.165, 1.54) is 121 Å². The Morgan fingerprint density at radius 1 is 0.412 bits per heavy atom. The highest BCUT2D eigenvalue weighted by Gasteiger charge is 2.39. The number of hydrogen-bond donors (Lipinski definition) is 0. The lowest BCUT2D eigenvalue weighted by Gasteiger charge is -2.25. The number of allylic oxidation sites excluding steroid dienone is 1. The lowest BCUT2D eigenvalue weighted by atomic mass is 9.81. The standard InChI is InChI=1S/C34H42O.C33H38/c1-21-20-28-29(22-12-16-24(17-13-22)33(2,3)4)26-10-9-11-27(26)30(31(28)32(21)35-8)23-14-18-25(19-15-23)34(5,6)7;1-21-19-28-29(20-21)31(23-13-17-25(18-14-23)33(5,6)7)27-10-8-9-26(27)30(28)22-11-15-24(16-12-22)32(2,3)4/h12-19,21,32H,9-11,20H2,1-8H3;11-19H,8-10,20H2,1-7H3. The first-order valence-electron chi connectivity index (χ1n) is 26.1. The fraction of sp³-hybridized carbons (Fsp3) is 0.433. The zero-order chi connectivity index (χ0) is 48.7. The molecule has 4 aliphatic carbocycles. The third-order valence-electron chi connectivity index (χ3n) is 16.0. The van der Waals surface area contributed by atoms with Crippen LogP contribution < -0.4 is 0 Å². The molecule has 0 spiro atoms. The summed E-state index contributed by atoms with van der Waals surface area (Å²) in [6.07, 6.45) is 12.0. The van der Waals surface area contributed by atoms with Crippen LogP contribution in [0.4, 0.5) is 0 Å². The zero-order valence-electron chi connectivity index (χ0n) is 44.5. The molecule has 0 saturated carbocycles. The summed E-state index contributed by atoms with van der Waals surface area (Å²) >= 11 is 0. The van der Waals surface area contributed by atoms with Crippen molar-refractivity contribution in [3.63, 3.8) is 0 Å². The topological polar surface area (TPSA) is 9.23 Å². The van der Waals surface area contributed by atoms with Gasteiger partial charge in [0.05, 0.1) is 6.10 Å². The second-order valence-electron chi connectivity index (χ2n) is 25.2. The Balaban J connectivity index is 0.000000170. The molecule has 68 heavy (non-hydrogen) atoms. The highest BCUT2D eigenvalue weighted by atomic mass is 16.5. The van der Waals surface area contributed by atoms with Crippen LogP contribution in [0.25, 0.3) is 50.6 Å². The minimum atomic E-state index is 0.154. The van der Waals surface area contributed by atoms with Crippen LogP contribution in [0.2, 0.25) is 0 Å². The van der Waals surface area contributed by atoms with E-state index < -0.39 is 0 Å². The molecule has 0 amide bonds. The van der Waals surface area contributed by atoms with Gasteiger partial charge in [-0.25, -0.2) is 0 Å². The SMILES string of the molecule is CC1=Cc2c(c(-c3ccc(C(C)(C)C)cc3)c3c(c2-c2ccc(C(C)(C)C)cc2)CCC3)C1.COC1c2c(c(-c3ccc(C(C)(C)C)cc3)c3c(c2-c2ccc(C(C)(C)C)cc2)CCC3)CC1C. The molecule has 0 heterocycles. The van der Waals surface area contributed by atoms with Gasteiger partial charge in [0, 0.05) is 7.11 Å². The van der Waals surface area contributed by atoms with Gasteiger partial charge in [-0.1, -0.05) is 199 Å². The lowest BCUT2D eigenvalue weighted by Crippen LogP contribution is -2.11. The van der Waals surface area contributed by atoms with E-state index in [1.54, 1.807) is 27.8 Å². The lowest BCUT2D eigenvalue weighted by molar-refractivity contribution is 0.0698. The summed E-state index contributed by atoms with van der Waals surface area (Å²) < 4.78 is 6.20. The molecule has 0 radical (unpaired) electrons. The molecule has 4 aliphatic rings. The van der Waals surface area contributed by atoms with Crippen molar-refractivity contribution < 1.29 is 4.74 Å². The molecule has 1 heteroatoms. The van der Waals surface area contributed by atoms with E-state index in [0.29, 0.717) is 5.92 Å². The number of rotatable bonds is 5. The Bertz CT molecular complexity index is 2870. The van der Waals surface area contributed by atoms with Crippen LogP contribution in [0.5, 0.6) is 0 Å². The summed E-state index contributed by atoms with van der Waals surface area (Å²) in [5, 5.41) is 0. The van der Waals surface area contributed by atoms with Crippen LogP contribution in [0.1, 0.15) is 183 Å². The summed E-state index contributed by atoms with van der Waals surface area (Å²) in [6, 6.07) is 37.7. The summed E-state index contributed by atoms with van der Waals surface area (Å²) in [6.45, 7) is 32.2. The van der Waals surface area contributed by atoms with Gasteiger partial charge in [-0.3, -0.25) is 0 Å². The highest BCUT2D eigenvalue weighted by molar-refractivity contribution is 5.92. The average molecular weight is 901 g/mol. The Kier molecular flexibility index (Phi) is 12.6. The van der Waals surface area contributed by atoms with Gasteiger partial charge in [0.2, 0.25) is 0 Å². The predicted octanol–water partition coefficient (Wildman–Crippen LogP) is 18.0. The van der Waals surface area contributed by atoms with Gasteiger partial charge >= 0.3 is 0 Å². The Morgan fingerprint density at radius 3 is 1.10 bits per heavy atom. The largest absolute Gasteiger partial charge is 0.376 e. The van der Waals surface area contributed by atoms with Crippen molar-refractivity contribution in [2.24, 2.45) is 5.92 Å². The van der Waals surface area contributed by atoms with E-state index in [9.17, 15) is 0 Å². The molecule has 0 aromatic heterocycles. The molecule has 2 atom stereocenters. The summed E-state index contributed by atoms with van der Waals surface area (Å²) in [4.78, 5) is 0. The predicted molar refractivity (Wildman–Crippen MR) is 293 cm³/mol. The van der Waals surface area contributed by atoms with Crippen LogP contribution >= 0.6 is 0 Å². The summed E-state index contributed by atoms with van der Waals surface area (Å²) in [5.74, 6) is 0.484. The van der Waals surface area contributed by atoms with Crippen LogP contribution in [0.3, 0.4) is 0 Å². The Morgan fingerprint density at radius 2 is 0.735 bits per heavy atom. The number of hydrogen-bond acceptors (Lipinski definition) is 1. The van der Waals surface area contributed by atoms with E-state index in [4.69, 9.17) is 4.74 Å². The fourth-order valence-electron chi connectivity index (χ4n) is 12.3. The third kappa shape index (κ3) is 8.92.